The Morgan fingerprint density at radius 3 is 2.80 bits per heavy atom. The molecule has 0 aliphatic heterocycles. The average Bonchev–Trinajstić information content (AvgIpc) is 3.21. The molecule has 1 N–H and O–H groups in total. The van der Waals surface area contributed by atoms with Crippen LogP contribution in [0.25, 0.3) is 0 Å². The van der Waals surface area contributed by atoms with Crippen LogP contribution in [-0.2, 0) is 0 Å². The molecule has 0 unspecified atom stereocenters. The van der Waals surface area contributed by atoms with Crippen molar-refractivity contribution in [2.75, 3.05) is 18.4 Å². The summed E-state index contributed by atoms with van der Waals surface area (Å²) in [5.41, 5.74) is 0.661. The third-order valence-corrected chi connectivity index (χ3v) is 3.67. The van der Waals surface area contributed by atoms with Gasteiger partial charge in [0.15, 0.2) is 0 Å². The molecule has 0 atom stereocenters. The summed E-state index contributed by atoms with van der Waals surface area (Å²) in [5.74, 6) is 1.24. The van der Waals surface area contributed by atoms with Crippen LogP contribution in [0.3, 0.4) is 0 Å². The fourth-order valence-electron chi connectivity index (χ4n) is 2.24. The topological polar surface area (TPSA) is 45.2 Å². The summed E-state index contributed by atoms with van der Waals surface area (Å²) in [6.07, 6.45) is 3.96. The normalized spacial score (nSPS) is 14.4. The molecule has 1 aromatic heterocycles. The monoisotopic (exact) mass is 339 g/mol. The van der Waals surface area contributed by atoms with Crippen molar-refractivity contribution in [3.8, 4) is 0 Å². The van der Waals surface area contributed by atoms with Crippen LogP contribution in [0.2, 0.25) is 0 Å². The standard InChI is InChI=1S/C15H22BrN3O/c1-4-17-14-13(7-11(16)8-18-14)15(20)19(9-10(2)3)12-5-6-12/h7-8,10,12H,4-6,9H2,1-3H3,(H,17,18). The predicted octanol–water partition coefficient (Wildman–Crippen LogP) is 3.54. The number of hydrogen-bond acceptors (Lipinski definition) is 3. The summed E-state index contributed by atoms with van der Waals surface area (Å²) in [6, 6.07) is 2.28. The lowest BCUT2D eigenvalue weighted by Crippen LogP contribution is -2.36. The van der Waals surface area contributed by atoms with E-state index in [1.54, 1.807) is 6.20 Å². The van der Waals surface area contributed by atoms with Gasteiger partial charge in [-0.1, -0.05) is 13.8 Å². The van der Waals surface area contributed by atoms with Crippen molar-refractivity contribution in [1.29, 1.82) is 0 Å². The van der Waals surface area contributed by atoms with Crippen LogP contribution >= 0.6 is 15.9 Å². The number of nitrogens with one attached hydrogen (secondary N) is 1. The molecular weight excluding hydrogens is 318 g/mol. The van der Waals surface area contributed by atoms with Gasteiger partial charge in [-0.2, -0.15) is 0 Å². The Kier molecular flexibility index (Phi) is 5.02. The molecular formula is C15H22BrN3O. The second kappa shape index (κ2) is 6.57. The zero-order valence-electron chi connectivity index (χ0n) is 12.3. The van der Waals surface area contributed by atoms with E-state index in [1.807, 2.05) is 17.9 Å². The smallest absolute Gasteiger partial charge is 0.257 e. The number of amides is 1. The zero-order valence-corrected chi connectivity index (χ0v) is 13.9. The van der Waals surface area contributed by atoms with Gasteiger partial charge in [0.2, 0.25) is 0 Å². The lowest BCUT2D eigenvalue weighted by atomic mass is 10.1. The first-order valence-corrected chi connectivity index (χ1v) is 8.02. The lowest BCUT2D eigenvalue weighted by molar-refractivity contribution is 0.0723. The quantitative estimate of drug-likeness (QED) is 0.862. The molecule has 0 bridgehead atoms. The Labute approximate surface area is 129 Å². The lowest BCUT2D eigenvalue weighted by Gasteiger charge is -2.25. The van der Waals surface area contributed by atoms with E-state index in [2.05, 4.69) is 40.1 Å². The number of anilines is 1. The van der Waals surface area contributed by atoms with Crippen molar-refractivity contribution < 1.29 is 4.79 Å². The molecule has 1 aromatic rings. The molecule has 1 heterocycles. The second-order valence-electron chi connectivity index (χ2n) is 5.66. The highest BCUT2D eigenvalue weighted by Gasteiger charge is 2.34. The maximum Gasteiger partial charge on any atom is 0.257 e. The minimum atomic E-state index is 0.0888. The molecule has 20 heavy (non-hydrogen) atoms. The predicted molar refractivity (Wildman–Crippen MR) is 85.0 cm³/mol. The first-order chi connectivity index (χ1) is 9.52. The van der Waals surface area contributed by atoms with Crippen molar-refractivity contribution in [1.82, 2.24) is 9.88 Å². The summed E-state index contributed by atoms with van der Waals surface area (Å²) in [6.45, 7) is 7.86. The van der Waals surface area contributed by atoms with Crippen molar-refractivity contribution in [2.24, 2.45) is 5.92 Å². The zero-order chi connectivity index (χ0) is 14.7. The Morgan fingerprint density at radius 1 is 1.55 bits per heavy atom. The molecule has 2 rings (SSSR count). The fraction of sp³-hybridized carbons (Fsp3) is 0.600. The van der Waals surface area contributed by atoms with Gasteiger partial charge in [0.1, 0.15) is 5.82 Å². The molecule has 1 amide bonds. The summed E-state index contributed by atoms with van der Waals surface area (Å²) in [5, 5.41) is 3.17. The van der Waals surface area contributed by atoms with E-state index < -0.39 is 0 Å². The largest absolute Gasteiger partial charge is 0.370 e. The number of nitrogens with zero attached hydrogens (tertiary/aromatic N) is 2. The number of aromatic nitrogens is 1. The minimum absolute atomic E-state index is 0.0888. The molecule has 0 aromatic carbocycles. The molecule has 0 saturated heterocycles. The highest BCUT2D eigenvalue weighted by atomic mass is 79.9. The van der Waals surface area contributed by atoms with E-state index in [1.165, 1.54) is 0 Å². The molecule has 0 radical (unpaired) electrons. The number of pyridine rings is 1. The Hall–Kier alpha value is -1.10. The average molecular weight is 340 g/mol. The summed E-state index contributed by atoms with van der Waals surface area (Å²) < 4.78 is 0.836. The van der Waals surface area contributed by atoms with E-state index in [0.717, 1.165) is 30.4 Å². The van der Waals surface area contributed by atoms with E-state index in [0.29, 0.717) is 23.3 Å². The third-order valence-electron chi connectivity index (χ3n) is 3.24. The summed E-state index contributed by atoms with van der Waals surface area (Å²) in [4.78, 5) is 19.2. The molecule has 5 heteroatoms. The van der Waals surface area contributed by atoms with Crippen LogP contribution in [0.15, 0.2) is 16.7 Å². The Bertz CT molecular complexity index is 486. The fourth-order valence-corrected chi connectivity index (χ4v) is 2.57. The number of carbonyl (C=O) groups excluding carboxylic acids is 1. The van der Waals surface area contributed by atoms with Crippen LogP contribution < -0.4 is 5.32 Å². The van der Waals surface area contributed by atoms with Gasteiger partial charge in [-0.3, -0.25) is 4.79 Å². The number of rotatable bonds is 6. The van der Waals surface area contributed by atoms with Crippen LogP contribution in [0.4, 0.5) is 5.82 Å². The highest BCUT2D eigenvalue weighted by molar-refractivity contribution is 9.10. The molecule has 4 nitrogen and oxygen atoms in total. The van der Waals surface area contributed by atoms with E-state index >= 15 is 0 Å². The van der Waals surface area contributed by atoms with Gasteiger partial charge in [0.25, 0.3) is 5.91 Å². The van der Waals surface area contributed by atoms with Crippen molar-refractivity contribution >= 4 is 27.7 Å². The van der Waals surface area contributed by atoms with Gasteiger partial charge >= 0.3 is 0 Å². The first-order valence-electron chi connectivity index (χ1n) is 7.23. The van der Waals surface area contributed by atoms with Gasteiger partial charge in [-0.05, 0) is 47.7 Å². The molecule has 0 spiro atoms. The highest BCUT2D eigenvalue weighted by Crippen LogP contribution is 2.30. The summed E-state index contributed by atoms with van der Waals surface area (Å²) >= 11 is 3.41. The number of halogens is 1. The Morgan fingerprint density at radius 2 is 2.25 bits per heavy atom. The SMILES string of the molecule is CCNc1ncc(Br)cc1C(=O)N(CC(C)C)C1CC1. The number of hydrogen-bond donors (Lipinski definition) is 1. The van der Waals surface area contributed by atoms with Crippen LogP contribution in [0.5, 0.6) is 0 Å². The van der Waals surface area contributed by atoms with Crippen molar-refractivity contribution in [3.63, 3.8) is 0 Å². The van der Waals surface area contributed by atoms with Gasteiger partial charge in [-0.15, -0.1) is 0 Å². The minimum Gasteiger partial charge on any atom is -0.370 e. The molecule has 1 aliphatic rings. The maximum atomic E-state index is 12.8. The van der Waals surface area contributed by atoms with Gasteiger partial charge in [0.05, 0.1) is 5.56 Å². The number of carbonyl (C=O) groups is 1. The van der Waals surface area contributed by atoms with E-state index in [9.17, 15) is 4.79 Å². The van der Waals surface area contributed by atoms with Crippen LogP contribution in [0, 0.1) is 5.92 Å². The molecule has 1 saturated carbocycles. The van der Waals surface area contributed by atoms with E-state index in [4.69, 9.17) is 0 Å². The molecule has 110 valence electrons. The van der Waals surface area contributed by atoms with Gasteiger partial charge in [-0.25, -0.2) is 4.98 Å². The second-order valence-corrected chi connectivity index (χ2v) is 6.58. The van der Waals surface area contributed by atoms with Gasteiger partial charge in [0, 0.05) is 29.8 Å². The Balaban J connectivity index is 2.27. The van der Waals surface area contributed by atoms with Crippen LogP contribution in [0.1, 0.15) is 44.0 Å². The molecule has 1 fully saturated rings. The maximum absolute atomic E-state index is 12.8. The van der Waals surface area contributed by atoms with E-state index in [-0.39, 0.29) is 5.91 Å². The summed E-state index contributed by atoms with van der Waals surface area (Å²) in [7, 11) is 0. The first kappa shape index (κ1) is 15.3. The van der Waals surface area contributed by atoms with Crippen molar-refractivity contribution in [2.45, 2.75) is 39.7 Å². The van der Waals surface area contributed by atoms with Crippen molar-refractivity contribution in [3.05, 3.63) is 22.3 Å². The van der Waals surface area contributed by atoms with Gasteiger partial charge < -0.3 is 10.2 Å². The molecule has 1 aliphatic carbocycles. The van der Waals surface area contributed by atoms with Crippen LogP contribution in [-0.4, -0.2) is 34.9 Å². The third kappa shape index (κ3) is 3.72.